The van der Waals surface area contributed by atoms with Gasteiger partial charge < -0.3 is 15.3 Å². The van der Waals surface area contributed by atoms with E-state index >= 15 is 0 Å². The molecular formula is C15H17FN2O3. The average Bonchev–Trinajstić information content (AvgIpc) is 3.08. The van der Waals surface area contributed by atoms with Crippen molar-refractivity contribution in [2.45, 2.75) is 19.3 Å². The summed E-state index contributed by atoms with van der Waals surface area (Å²) in [4.78, 5) is 24.6. The number of nitrogens with one attached hydrogen (secondary N) is 1. The summed E-state index contributed by atoms with van der Waals surface area (Å²) < 4.78 is 14.1. The van der Waals surface area contributed by atoms with Gasteiger partial charge in [-0.3, -0.25) is 9.59 Å². The summed E-state index contributed by atoms with van der Waals surface area (Å²) in [6.45, 7) is 1.70. The summed E-state index contributed by atoms with van der Waals surface area (Å²) in [5, 5.41) is 11.4. The molecule has 1 amide bonds. The molecule has 2 fully saturated rings. The van der Waals surface area contributed by atoms with Crippen molar-refractivity contribution < 1.29 is 19.1 Å². The molecule has 1 heterocycles. The zero-order valence-electron chi connectivity index (χ0n) is 11.5. The van der Waals surface area contributed by atoms with Crippen molar-refractivity contribution in [1.82, 2.24) is 0 Å². The Hall–Kier alpha value is -2.11. The molecule has 1 aromatic rings. The second-order valence-corrected chi connectivity index (χ2v) is 5.64. The van der Waals surface area contributed by atoms with E-state index in [0.29, 0.717) is 17.8 Å². The number of nitrogens with zero attached hydrogens (tertiary/aromatic N) is 1. The largest absolute Gasteiger partial charge is 0.481 e. The smallest absolute Gasteiger partial charge is 0.307 e. The highest BCUT2D eigenvalue weighted by molar-refractivity contribution is 5.98. The molecule has 2 aliphatic rings. The molecule has 5 nitrogen and oxygen atoms in total. The lowest BCUT2D eigenvalue weighted by Gasteiger charge is -2.18. The number of carbonyl (C=O) groups is 2. The molecule has 3 rings (SSSR count). The van der Waals surface area contributed by atoms with Gasteiger partial charge in [0.2, 0.25) is 5.91 Å². The maximum Gasteiger partial charge on any atom is 0.307 e. The van der Waals surface area contributed by atoms with E-state index in [1.54, 1.807) is 12.1 Å². The molecule has 21 heavy (non-hydrogen) atoms. The van der Waals surface area contributed by atoms with Crippen LogP contribution in [0, 0.1) is 17.7 Å². The first kappa shape index (κ1) is 13.9. The Bertz CT molecular complexity index is 584. The highest BCUT2D eigenvalue weighted by Gasteiger charge is 2.48. The van der Waals surface area contributed by atoms with Crippen molar-refractivity contribution in [2.24, 2.45) is 11.8 Å². The molecule has 1 aromatic carbocycles. The van der Waals surface area contributed by atoms with Crippen LogP contribution in [0.15, 0.2) is 18.2 Å². The number of benzene rings is 1. The first-order chi connectivity index (χ1) is 10.1. The van der Waals surface area contributed by atoms with E-state index in [0.717, 1.165) is 25.9 Å². The molecule has 1 saturated heterocycles. The normalized spacial score (nSPS) is 24.0. The van der Waals surface area contributed by atoms with Gasteiger partial charge in [-0.2, -0.15) is 0 Å². The van der Waals surface area contributed by atoms with Gasteiger partial charge in [0.1, 0.15) is 5.82 Å². The highest BCUT2D eigenvalue weighted by atomic mass is 19.1. The number of rotatable bonds is 4. The summed E-state index contributed by atoms with van der Waals surface area (Å²) in [5.41, 5.74) is 0.928. The van der Waals surface area contributed by atoms with Crippen molar-refractivity contribution in [2.75, 3.05) is 23.3 Å². The molecule has 1 aliphatic heterocycles. The third-order valence-electron chi connectivity index (χ3n) is 4.11. The Kier molecular flexibility index (Phi) is 3.53. The van der Waals surface area contributed by atoms with Gasteiger partial charge in [-0.15, -0.1) is 0 Å². The summed E-state index contributed by atoms with van der Waals surface area (Å²) in [7, 11) is 0. The van der Waals surface area contributed by atoms with Gasteiger partial charge in [0.15, 0.2) is 0 Å². The second-order valence-electron chi connectivity index (χ2n) is 5.64. The molecule has 0 aromatic heterocycles. The summed E-state index contributed by atoms with van der Waals surface area (Å²) in [6, 6.07) is 4.62. The van der Waals surface area contributed by atoms with Gasteiger partial charge in [-0.1, -0.05) is 0 Å². The Balaban J connectivity index is 1.65. The van der Waals surface area contributed by atoms with E-state index in [1.807, 2.05) is 4.90 Å². The number of amides is 1. The predicted molar refractivity (Wildman–Crippen MR) is 75.7 cm³/mol. The standard InChI is InChI=1S/C15H17FN2O3/c16-12-7-9(3-4-13(12)18-5-1-2-6-18)17-14(19)10-8-11(10)15(20)21/h3-4,7,10-11H,1-2,5-6,8H2,(H,17,19)(H,20,21). The fourth-order valence-electron chi connectivity index (χ4n) is 2.79. The lowest BCUT2D eigenvalue weighted by Crippen LogP contribution is -2.20. The van der Waals surface area contributed by atoms with Crippen LogP contribution >= 0.6 is 0 Å². The minimum Gasteiger partial charge on any atom is -0.481 e. The van der Waals surface area contributed by atoms with Crippen LogP contribution in [0.4, 0.5) is 15.8 Å². The SMILES string of the molecule is O=C(O)C1CC1C(=O)Nc1ccc(N2CCCC2)c(F)c1. The van der Waals surface area contributed by atoms with Crippen LogP contribution in [0.3, 0.4) is 0 Å². The Morgan fingerprint density at radius 3 is 2.52 bits per heavy atom. The number of hydrogen-bond donors (Lipinski definition) is 2. The third kappa shape index (κ3) is 2.84. The molecular weight excluding hydrogens is 275 g/mol. The fraction of sp³-hybridized carbons (Fsp3) is 0.467. The van der Waals surface area contributed by atoms with E-state index in [4.69, 9.17) is 5.11 Å². The van der Waals surface area contributed by atoms with Crippen LogP contribution in [0.1, 0.15) is 19.3 Å². The maximum atomic E-state index is 14.1. The number of hydrogen-bond acceptors (Lipinski definition) is 3. The zero-order chi connectivity index (χ0) is 15.0. The van der Waals surface area contributed by atoms with Crippen LogP contribution in [-0.4, -0.2) is 30.1 Å². The molecule has 2 N–H and O–H groups in total. The Morgan fingerprint density at radius 2 is 1.95 bits per heavy atom. The van der Waals surface area contributed by atoms with E-state index in [9.17, 15) is 14.0 Å². The monoisotopic (exact) mass is 292 g/mol. The van der Waals surface area contributed by atoms with E-state index in [2.05, 4.69) is 5.32 Å². The van der Waals surface area contributed by atoms with Crippen molar-refractivity contribution in [1.29, 1.82) is 0 Å². The van der Waals surface area contributed by atoms with Crippen molar-refractivity contribution in [3.8, 4) is 0 Å². The van der Waals surface area contributed by atoms with Gasteiger partial charge in [0, 0.05) is 18.8 Å². The van der Waals surface area contributed by atoms with Crippen LogP contribution in [0.25, 0.3) is 0 Å². The zero-order valence-corrected chi connectivity index (χ0v) is 11.5. The second kappa shape index (κ2) is 5.35. The number of aliphatic carboxylic acids is 1. The molecule has 2 unspecified atom stereocenters. The Morgan fingerprint density at radius 1 is 1.24 bits per heavy atom. The van der Waals surface area contributed by atoms with Crippen LogP contribution in [-0.2, 0) is 9.59 Å². The number of carboxylic acids is 1. The lowest BCUT2D eigenvalue weighted by atomic mass is 10.2. The molecule has 2 atom stereocenters. The quantitative estimate of drug-likeness (QED) is 0.891. The van der Waals surface area contributed by atoms with E-state index < -0.39 is 17.8 Å². The first-order valence-electron chi connectivity index (χ1n) is 7.14. The van der Waals surface area contributed by atoms with E-state index in [1.165, 1.54) is 6.07 Å². The van der Waals surface area contributed by atoms with Gasteiger partial charge in [0.25, 0.3) is 0 Å². The first-order valence-corrected chi connectivity index (χ1v) is 7.14. The molecule has 0 spiro atoms. The molecule has 1 saturated carbocycles. The third-order valence-corrected chi connectivity index (χ3v) is 4.11. The summed E-state index contributed by atoms with van der Waals surface area (Å²) in [6.07, 6.45) is 2.49. The van der Waals surface area contributed by atoms with Crippen molar-refractivity contribution >= 4 is 23.3 Å². The van der Waals surface area contributed by atoms with Gasteiger partial charge in [-0.25, -0.2) is 4.39 Å². The van der Waals surface area contributed by atoms with Gasteiger partial charge >= 0.3 is 5.97 Å². The van der Waals surface area contributed by atoms with Crippen LogP contribution in [0.2, 0.25) is 0 Å². The van der Waals surface area contributed by atoms with E-state index in [-0.39, 0.29) is 11.7 Å². The summed E-state index contributed by atoms with van der Waals surface area (Å²) >= 11 is 0. The summed E-state index contributed by atoms with van der Waals surface area (Å²) in [5.74, 6) is -2.76. The van der Waals surface area contributed by atoms with Crippen LogP contribution in [0.5, 0.6) is 0 Å². The number of carbonyl (C=O) groups excluding carboxylic acids is 1. The highest BCUT2D eigenvalue weighted by Crippen LogP contribution is 2.39. The molecule has 0 radical (unpaired) electrons. The molecule has 0 bridgehead atoms. The van der Waals surface area contributed by atoms with Gasteiger partial charge in [0.05, 0.1) is 17.5 Å². The minimum atomic E-state index is -0.953. The average molecular weight is 292 g/mol. The molecule has 6 heteroatoms. The number of carboxylic acid groups (broad SMARTS) is 1. The Labute approximate surface area is 121 Å². The van der Waals surface area contributed by atoms with Gasteiger partial charge in [-0.05, 0) is 37.5 Å². The number of halogens is 1. The predicted octanol–water partition coefficient (Wildman–Crippen LogP) is 2.09. The topological polar surface area (TPSA) is 69.6 Å². The maximum absolute atomic E-state index is 14.1. The lowest BCUT2D eigenvalue weighted by molar-refractivity contribution is -0.139. The van der Waals surface area contributed by atoms with Crippen LogP contribution < -0.4 is 10.2 Å². The molecule has 112 valence electrons. The van der Waals surface area contributed by atoms with Crippen molar-refractivity contribution in [3.05, 3.63) is 24.0 Å². The molecule has 1 aliphatic carbocycles. The fourth-order valence-corrected chi connectivity index (χ4v) is 2.79. The number of anilines is 2. The van der Waals surface area contributed by atoms with Crippen molar-refractivity contribution in [3.63, 3.8) is 0 Å². The minimum absolute atomic E-state index is 0.351.